The van der Waals surface area contributed by atoms with Gasteiger partial charge in [-0.25, -0.2) is 4.79 Å². The molecule has 0 bridgehead atoms. The van der Waals surface area contributed by atoms with Crippen LogP contribution in [0.2, 0.25) is 0 Å². The summed E-state index contributed by atoms with van der Waals surface area (Å²) < 4.78 is 10.0. The number of carbonyl (C=O) groups excluding carboxylic acids is 2. The summed E-state index contributed by atoms with van der Waals surface area (Å²) in [6.07, 6.45) is 4.26. The molecule has 0 amide bonds. The highest BCUT2D eigenvalue weighted by molar-refractivity contribution is 6.17. The summed E-state index contributed by atoms with van der Waals surface area (Å²) in [6.45, 7) is 2.27. The molecule has 21 heavy (non-hydrogen) atoms. The second-order valence-electron chi connectivity index (χ2n) is 4.65. The molecule has 1 aromatic rings. The Morgan fingerprint density at radius 3 is 2.52 bits per heavy atom. The van der Waals surface area contributed by atoms with Crippen LogP contribution in [0, 0.1) is 0 Å². The van der Waals surface area contributed by atoms with Crippen LogP contribution in [-0.2, 0) is 25.7 Å². The molecule has 0 N–H and O–H groups in total. The van der Waals surface area contributed by atoms with Gasteiger partial charge < -0.3 is 9.47 Å². The lowest BCUT2D eigenvalue weighted by molar-refractivity contribution is -0.138. The molecular formula is C17H22O4. The van der Waals surface area contributed by atoms with Gasteiger partial charge in [0, 0.05) is 0 Å². The fourth-order valence-corrected chi connectivity index (χ4v) is 1.79. The maximum Gasteiger partial charge on any atom is 0.341 e. The third-order valence-electron chi connectivity index (χ3n) is 2.96. The number of carbonyl (C=O) groups is 2. The van der Waals surface area contributed by atoms with Crippen LogP contribution in [0.15, 0.2) is 42.0 Å². The van der Waals surface area contributed by atoms with Gasteiger partial charge in [-0.3, -0.25) is 4.79 Å². The Bertz CT molecular complexity index is 477. The quantitative estimate of drug-likeness (QED) is 0.231. The van der Waals surface area contributed by atoms with Gasteiger partial charge in [0.2, 0.25) is 0 Å². The molecule has 0 spiro atoms. The van der Waals surface area contributed by atoms with Crippen molar-refractivity contribution in [3.8, 4) is 0 Å². The van der Waals surface area contributed by atoms with E-state index >= 15 is 0 Å². The number of ketones is 1. The zero-order valence-corrected chi connectivity index (χ0v) is 12.6. The minimum atomic E-state index is -0.598. The van der Waals surface area contributed by atoms with E-state index < -0.39 is 5.97 Å². The minimum absolute atomic E-state index is 0.0824. The van der Waals surface area contributed by atoms with Crippen LogP contribution >= 0.6 is 0 Å². The van der Waals surface area contributed by atoms with Crippen molar-refractivity contribution in [1.82, 2.24) is 0 Å². The number of hydrogen-bond acceptors (Lipinski definition) is 4. The Kier molecular flexibility index (Phi) is 8.05. The molecule has 4 nitrogen and oxygen atoms in total. The molecule has 114 valence electrons. The lowest BCUT2D eigenvalue weighted by Gasteiger charge is -2.06. The Morgan fingerprint density at radius 2 is 1.90 bits per heavy atom. The highest BCUT2D eigenvalue weighted by Crippen LogP contribution is 2.07. The highest BCUT2D eigenvalue weighted by Gasteiger charge is 2.18. The Morgan fingerprint density at radius 1 is 1.19 bits per heavy atom. The number of esters is 1. The average molecular weight is 290 g/mol. The lowest BCUT2D eigenvalue weighted by atomic mass is 10.1. The zero-order chi connectivity index (χ0) is 15.5. The van der Waals surface area contributed by atoms with Gasteiger partial charge >= 0.3 is 5.97 Å². The fraction of sp³-hybridized carbons (Fsp3) is 0.412. The van der Waals surface area contributed by atoms with Gasteiger partial charge in [0.25, 0.3) is 0 Å². The standard InChI is InChI=1S/C17H22O4/c1-3-4-6-11-15(17(19)20-2)16(18)13-21-12-14-9-7-5-8-10-14/h5,7-11H,3-4,6,12-13H2,1-2H3/b15-11-. The van der Waals surface area contributed by atoms with Crippen molar-refractivity contribution in [2.45, 2.75) is 32.8 Å². The molecule has 0 heterocycles. The third-order valence-corrected chi connectivity index (χ3v) is 2.96. The summed E-state index contributed by atoms with van der Waals surface area (Å²) >= 11 is 0. The van der Waals surface area contributed by atoms with Crippen molar-refractivity contribution in [1.29, 1.82) is 0 Å². The minimum Gasteiger partial charge on any atom is -0.465 e. The van der Waals surface area contributed by atoms with Gasteiger partial charge in [-0.15, -0.1) is 0 Å². The van der Waals surface area contributed by atoms with Gasteiger partial charge in [-0.1, -0.05) is 56.2 Å². The molecule has 0 aliphatic rings. The first-order chi connectivity index (χ1) is 10.2. The van der Waals surface area contributed by atoms with E-state index in [1.807, 2.05) is 30.3 Å². The molecule has 0 aliphatic heterocycles. The number of allylic oxidation sites excluding steroid dienone is 1. The van der Waals surface area contributed by atoms with E-state index in [0.717, 1.165) is 18.4 Å². The van der Waals surface area contributed by atoms with Crippen molar-refractivity contribution >= 4 is 11.8 Å². The number of methoxy groups -OCH3 is 1. The van der Waals surface area contributed by atoms with Crippen LogP contribution < -0.4 is 0 Å². The fourth-order valence-electron chi connectivity index (χ4n) is 1.79. The lowest BCUT2D eigenvalue weighted by Crippen LogP contribution is -2.19. The van der Waals surface area contributed by atoms with Gasteiger partial charge in [0.05, 0.1) is 13.7 Å². The van der Waals surface area contributed by atoms with Crippen LogP contribution in [-0.4, -0.2) is 25.5 Å². The van der Waals surface area contributed by atoms with E-state index in [1.54, 1.807) is 6.08 Å². The second-order valence-corrected chi connectivity index (χ2v) is 4.65. The van der Waals surface area contributed by atoms with Gasteiger partial charge in [0.1, 0.15) is 12.2 Å². The molecule has 0 fully saturated rings. The summed E-state index contributed by atoms with van der Waals surface area (Å²) in [5.74, 6) is -0.937. The van der Waals surface area contributed by atoms with E-state index in [-0.39, 0.29) is 18.0 Å². The predicted molar refractivity (Wildman–Crippen MR) is 80.7 cm³/mol. The van der Waals surface area contributed by atoms with Crippen molar-refractivity contribution in [2.75, 3.05) is 13.7 Å². The molecule has 0 aromatic heterocycles. The van der Waals surface area contributed by atoms with Crippen molar-refractivity contribution < 1.29 is 19.1 Å². The molecule has 1 aromatic carbocycles. The Labute approximate surface area is 125 Å². The van der Waals surface area contributed by atoms with Crippen LogP contribution in [0.1, 0.15) is 31.7 Å². The number of Topliss-reactive ketones (excluding diaryl/α,β-unsaturated/α-hetero) is 1. The van der Waals surface area contributed by atoms with Crippen molar-refractivity contribution in [2.24, 2.45) is 0 Å². The van der Waals surface area contributed by atoms with Crippen LogP contribution in [0.5, 0.6) is 0 Å². The average Bonchev–Trinajstić information content (AvgIpc) is 2.52. The first-order valence-electron chi connectivity index (χ1n) is 7.12. The van der Waals surface area contributed by atoms with E-state index in [2.05, 4.69) is 11.7 Å². The number of benzene rings is 1. The molecule has 4 heteroatoms. The highest BCUT2D eigenvalue weighted by atomic mass is 16.5. The molecule has 0 radical (unpaired) electrons. The van der Waals surface area contributed by atoms with E-state index in [1.165, 1.54) is 7.11 Å². The number of rotatable bonds is 9. The second kappa shape index (κ2) is 9.88. The normalized spacial score (nSPS) is 11.2. The molecule has 0 atom stereocenters. The topological polar surface area (TPSA) is 52.6 Å². The molecule has 0 saturated heterocycles. The first kappa shape index (κ1) is 17.1. The molecule has 0 unspecified atom stereocenters. The molecule has 0 saturated carbocycles. The Balaban J connectivity index is 2.52. The maximum absolute atomic E-state index is 12.0. The molecule has 0 aliphatic carbocycles. The van der Waals surface area contributed by atoms with Crippen molar-refractivity contribution in [3.63, 3.8) is 0 Å². The maximum atomic E-state index is 12.0. The van der Waals surface area contributed by atoms with E-state index in [0.29, 0.717) is 13.0 Å². The summed E-state index contributed by atoms with van der Waals surface area (Å²) in [7, 11) is 1.27. The molecule has 1 rings (SSSR count). The first-order valence-corrected chi connectivity index (χ1v) is 7.12. The number of unbranched alkanes of at least 4 members (excludes halogenated alkanes) is 2. The predicted octanol–water partition coefficient (Wildman–Crippen LogP) is 3.06. The van der Waals surface area contributed by atoms with Gasteiger partial charge in [0.15, 0.2) is 5.78 Å². The van der Waals surface area contributed by atoms with Crippen LogP contribution in [0.25, 0.3) is 0 Å². The van der Waals surface area contributed by atoms with Crippen LogP contribution in [0.4, 0.5) is 0 Å². The van der Waals surface area contributed by atoms with E-state index in [9.17, 15) is 9.59 Å². The van der Waals surface area contributed by atoms with E-state index in [4.69, 9.17) is 4.74 Å². The summed E-state index contributed by atoms with van der Waals surface area (Å²) in [4.78, 5) is 23.6. The monoisotopic (exact) mass is 290 g/mol. The van der Waals surface area contributed by atoms with Crippen LogP contribution in [0.3, 0.4) is 0 Å². The summed E-state index contributed by atoms with van der Waals surface area (Å²) in [6, 6.07) is 9.57. The number of ether oxygens (including phenoxy) is 2. The van der Waals surface area contributed by atoms with Crippen molar-refractivity contribution in [3.05, 3.63) is 47.5 Å². The molecular weight excluding hydrogens is 268 g/mol. The smallest absolute Gasteiger partial charge is 0.341 e. The summed E-state index contributed by atoms with van der Waals surface area (Å²) in [5.41, 5.74) is 1.07. The summed E-state index contributed by atoms with van der Waals surface area (Å²) in [5, 5.41) is 0. The number of hydrogen-bond donors (Lipinski definition) is 0. The third kappa shape index (κ3) is 6.36. The zero-order valence-electron chi connectivity index (χ0n) is 12.6. The SMILES string of the molecule is CCCC/C=C(/C(=O)COCc1ccccc1)C(=O)OC. The van der Waals surface area contributed by atoms with Gasteiger partial charge in [-0.05, 0) is 12.0 Å². The largest absolute Gasteiger partial charge is 0.465 e. The Hall–Kier alpha value is -1.94. The van der Waals surface area contributed by atoms with Gasteiger partial charge in [-0.2, -0.15) is 0 Å².